The van der Waals surface area contributed by atoms with Gasteiger partial charge >= 0.3 is 11.9 Å². The highest BCUT2D eigenvalue weighted by Gasteiger charge is 2.87. The summed E-state index contributed by atoms with van der Waals surface area (Å²) < 4.78 is 19.1. The van der Waals surface area contributed by atoms with Gasteiger partial charge in [-0.25, -0.2) is 9.59 Å². The second kappa shape index (κ2) is 13.8. The van der Waals surface area contributed by atoms with Gasteiger partial charge in [0.2, 0.25) is 0 Å². The normalized spacial score (nSPS) is 35.1. The van der Waals surface area contributed by atoms with E-state index in [2.05, 4.69) is 5.32 Å². The highest BCUT2D eigenvalue weighted by Crippen LogP contribution is 2.78. The summed E-state index contributed by atoms with van der Waals surface area (Å²) in [7, 11) is 0. The van der Waals surface area contributed by atoms with E-state index in [4.69, 9.17) is 14.2 Å². The molecular weight excluding hydrogens is 698 g/mol. The Morgan fingerprint density at radius 2 is 1.47 bits per heavy atom. The fourth-order valence-corrected chi connectivity index (χ4v) is 10.3. The van der Waals surface area contributed by atoms with Crippen LogP contribution in [0.25, 0.3) is 0 Å². The molecule has 0 aromatic heterocycles. The predicted octanol–water partition coefficient (Wildman–Crippen LogP) is 6.32. The molecule has 3 aromatic carbocycles. The van der Waals surface area contributed by atoms with E-state index < -0.39 is 63.5 Å². The van der Waals surface area contributed by atoms with Gasteiger partial charge in [-0.3, -0.25) is 9.59 Å². The number of benzene rings is 3. The Hall–Kier alpha value is -4.64. The maximum Gasteiger partial charge on any atom is 0.338 e. The molecule has 7 rings (SSSR count). The van der Waals surface area contributed by atoms with Gasteiger partial charge in [0.25, 0.3) is 5.91 Å². The van der Waals surface area contributed by atoms with Crippen molar-refractivity contribution in [1.82, 2.24) is 5.32 Å². The van der Waals surface area contributed by atoms with Crippen molar-refractivity contribution in [3.05, 3.63) is 119 Å². The monoisotopic (exact) mass is 749 g/mol. The van der Waals surface area contributed by atoms with E-state index >= 15 is 0 Å². The maximum absolute atomic E-state index is 14.9. The molecule has 0 spiro atoms. The minimum atomic E-state index is -1.84. The Kier molecular flexibility index (Phi) is 9.71. The highest BCUT2D eigenvalue weighted by atomic mass is 16.6. The lowest BCUT2D eigenvalue weighted by molar-refractivity contribution is -0.345. The molecule has 2 saturated carbocycles. The van der Waals surface area contributed by atoms with Crippen LogP contribution in [0.4, 0.5) is 0 Å². The standard InChI is InChI=1S/C45H51NO9/c1-27-25-53-28(2)22-23-41(4)34(47)24-33-29(3)45(26-44(52,43(33,45)6)40(42(27,41)5)54-38(50)32-20-14-9-15-21-32)55-39(51)36(48)35(30-16-10-7-11-17-30)46-37(49)31-18-12-8-13-19-31/h7-21,27-28,35-36,40,48,52H,22-26H2,1-6H3,(H,46,49)/t27-,28+,35?,36?,40?,41+,42+,43-,44-,45-/m1/s1. The van der Waals surface area contributed by atoms with E-state index in [0.29, 0.717) is 40.7 Å². The van der Waals surface area contributed by atoms with Crippen molar-refractivity contribution in [1.29, 1.82) is 0 Å². The molecule has 1 heterocycles. The summed E-state index contributed by atoms with van der Waals surface area (Å²) >= 11 is 0. The second-order valence-electron chi connectivity index (χ2n) is 16.7. The van der Waals surface area contributed by atoms with Crippen LogP contribution in [0.2, 0.25) is 0 Å². The first-order chi connectivity index (χ1) is 26.0. The number of carbonyl (C=O) groups excluding carboxylic acids is 4. The fraction of sp³-hybridized carbons (Fsp3) is 0.467. The number of aliphatic hydroxyl groups is 2. The average molecular weight is 750 g/mol. The third kappa shape index (κ3) is 5.62. The van der Waals surface area contributed by atoms with E-state index in [-0.39, 0.29) is 37.3 Å². The number of Topliss-reactive ketones (excluding diaryl/α,β-unsaturated/α-hetero) is 1. The molecule has 4 aliphatic rings. The topological polar surface area (TPSA) is 148 Å². The molecule has 1 aliphatic heterocycles. The molecule has 3 aromatic rings. The average Bonchev–Trinajstić information content (AvgIpc) is 3.20. The van der Waals surface area contributed by atoms with Gasteiger partial charge in [0.15, 0.2) is 6.10 Å². The van der Waals surface area contributed by atoms with Crippen molar-refractivity contribution in [2.24, 2.45) is 22.2 Å². The summed E-state index contributed by atoms with van der Waals surface area (Å²) in [4.78, 5) is 56.5. The van der Waals surface area contributed by atoms with E-state index in [1.807, 2.05) is 27.7 Å². The zero-order valence-electron chi connectivity index (χ0n) is 32.3. The predicted molar refractivity (Wildman–Crippen MR) is 204 cm³/mol. The molecule has 3 aliphatic carbocycles. The van der Waals surface area contributed by atoms with E-state index in [1.165, 1.54) is 0 Å². The molecule has 0 bridgehead atoms. The van der Waals surface area contributed by atoms with Gasteiger partial charge in [0.05, 0.1) is 29.7 Å². The summed E-state index contributed by atoms with van der Waals surface area (Å²) in [5, 5.41) is 27.8. The van der Waals surface area contributed by atoms with Gasteiger partial charge in [0.1, 0.15) is 23.1 Å². The van der Waals surface area contributed by atoms with Gasteiger partial charge in [-0.1, -0.05) is 87.5 Å². The number of hydrogen-bond donors (Lipinski definition) is 3. The molecule has 3 fully saturated rings. The van der Waals surface area contributed by atoms with E-state index in [1.54, 1.807) is 105 Å². The van der Waals surface area contributed by atoms with Crippen LogP contribution in [-0.2, 0) is 23.8 Å². The summed E-state index contributed by atoms with van der Waals surface area (Å²) in [6.45, 7) is 11.6. The Balaban J connectivity index is 1.29. The summed E-state index contributed by atoms with van der Waals surface area (Å²) in [5.41, 5.74) is -4.38. The van der Waals surface area contributed by atoms with Crippen molar-refractivity contribution < 1.29 is 43.6 Å². The van der Waals surface area contributed by atoms with Crippen LogP contribution in [0.1, 0.15) is 99.5 Å². The smallest absolute Gasteiger partial charge is 0.338 e. The molecule has 10 atom stereocenters. The molecule has 10 heteroatoms. The number of hydrogen-bond acceptors (Lipinski definition) is 9. The van der Waals surface area contributed by atoms with Gasteiger partial charge in [-0.2, -0.15) is 0 Å². The SMILES string of the molecule is CC1=C2CC(=O)[C@]3(C)CC[C@H](C)OC[C@@H](C)[C@@]3(C)C(OC(=O)c3ccccc3)[C@]3(O)C[C@]1(OC(=O)C(O)C(NC(=O)c1ccccc1)c1ccccc1)[C@]23C. The Bertz CT molecular complexity index is 2020. The lowest BCUT2D eigenvalue weighted by Crippen LogP contribution is -2.87. The summed E-state index contributed by atoms with van der Waals surface area (Å²) in [6, 6.07) is 24.5. The summed E-state index contributed by atoms with van der Waals surface area (Å²) in [5.74, 6) is -2.54. The van der Waals surface area contributed by atoms with E-state index in [9.17, 15) is 29.4 Å². The number of fused-ring (bicyclic) bond motifs is 1. The first-order valence-corrected chi connectivity index (χ1v) is 19.2. The number of rotatable bonds is 8. The largest absolute Gasteiger partial charge is 0.455 e. The minimum Gasteiger partial charge on any atom is -0.455 e. The number of carbonyl (C=O) groups is 4. The molecule has 1 saturated heterocycles. The molecule has 10 nitrogen and oxygen atoms in total. The maximum atomic E-state index is 14.9. The lowest BCUT2D eigenvalue weighted by Gasteiger charge is -2.77. The molecule has 1 amide bonds. The van der Waals surface area contributed by atoms with Crippen LogP contribution in [-0.4, -0.2) is 70.0 Å². The Labute approximate surface area is 322 Å². The Morgan fingerprint density at radius 1 is 0.891 bits per heavy atom. The van der Waals surface area contributed by atoms with Gasteiger partial charge in [-0.15, -0.1) is 0 Å². The van der Waals surface area contributed by atoms with Crippen LogP contribution < -0.4 is 5.32 Å². The molecule has 290 valence electrons. The molecule has 3 N–H and O–H groups in total. The van der Waals surface area contributed by atoms with Crippen LogP contribution in [0, 0.1) is 22.2 Å². The number of esters is 2. The van der Waals surface area contributed by atoms with Crippen molar-refractivity contribution in [2.45, 2.75) is 103 Å². The number of nitrogens with one attached hydrogen (secondary N) is 1. The van der Waals surface area contributed by atoms with Gasteiger partial charge in [0, 0.05) is 29.2 Å². The van der Waals surface area contributed by atoms with Crippen LogP contribution in [0.5, 0.6) is 0 Å². The number of ketones is 1. The van der Waals surface area contributed by atoms with Crippen molar-refractivity contribution in [3.8, 4) is 0 Å². The second-order valence-corrected chi connectivity index (χ2v) is 16.7. The highest BCUT2D eigenvalue weighted by molar-refractivity contribution is 5.95. The van der Waals surface area contributed by atoms with Gasteiger partial charge in [-0.05, 0) is 80.5 Å². The third-order valence-electron chi connectivity index (χ3n) is 14.2. The van der Waals surface area contributed by atoms with Crippen molar-refractivity contribution >= 4 is 23.6 Å². The molecule has 55 heavy (non-hydrogen) atoms. The lowest BCUT2D eigenvalue weighted by atomic mass is 9.30. The van der Waals surface area contributed by atoms with Crippen LogP contribution in [0.3, 0.4) is 0 Å². The van der Waals surface area contributed by atoms with Crippen LogP contribution >= 0.6 is 0 Å². The first kappa shape index (κ1) is 38.6. The summed E-state index contributed by atoms with van der Waals surface area (Å²) in [6.07, 6.45) is -2.25. The van der Waals surface area contributed by atoms with E-state index in [0.717, 1.165) is 0 Å². The number of aliphatic hydroxyl groups excluding tert-OH is 1. The fourth-order valence-electron chi connectivity index (χ4n) is 10.3. The van der Waals surface area contributed by atoms with Crippen molar-refractivity contribution in [3.63, 3.8) is 0 Å². The van der Waals surface area contributed by atoms with Crippen LogP contribution in [0.15, 0.2) is 102 Å². The Morgan fingerprint density at radius 3 is 2.09 bits per heavy atom. The van der Waals surface area contributed by atoms with Gasteiger partial charge < -0.3 is 29.7 Å². The molecule has 3 unspecified atom stereocenters. The zero-order valence-corrected chi connectivity index (χ0v) is 32.3. The minimum absolute atomic E-state index is 0.0136. The molecular formula is C45H51NO9. The third-order valence-corrected chi connectivity index (χ3v) is 14.2. The molecule has 0 radical (unpaired) electrons. The number of amides is 1. The number of ether oxygens (including phenoxy) is 3. The first-order valence-electron chi connectivity index (χ1n) is 19.2. The zero-order chi connectivity index (χ0) is 39.6. The quantitative estimate of drug-likeness (QED) is 0.178. The van der Waals surface area contributed by atoms with Crippen molar-refractivity contribution in [2.75, 3.05) is 6.61 Å².